The molecule has 17 heavy (non-hydrogen) atoms. The van der Waals surface area contributed by atoms with Crippen LogP contribution in [0.3, 0.4) is 0 Å². The molecule has 0 spiro atoms. The Balaban J connectivity index is 2.25. The van der Waals surface area contributed by atoms with Crippen molar-refractivity contribution in [2.45, 2.75) is 24.7 Å². The molecule has 2 heterocycles. The van der Waals surface area contributed by atoms with Crippen LogP contribution in [-0.4, -0.2) is 43.6 Å². The van der Waals surface area contributed by atoms with Crippen molar-refractivity contribution >= 4 is 0 Å². The molecule has 0 aromatic carbocycles. The molecule has 1 aromatic heterocycles. The molecule has 0 amide bonds. The Labute approximate surface area is 104 Å². The number of aromatic nitrogens is 1. The number of pyridine rings is 1. The van der Waals surface area contributed by atoms with Gasteiger partial charge >= 0.3 is 0 Å². The van der Waals surface area contributed by atoms with E-state index in [1.165, 1.54) is 37.9 Å². The molecule has 2 rings (SSSR count). The van der Waals surface area contributed by atoms with Crippen molar-refractivity contribution in [1.82, 2.24) is 15.2 Å². The van der Waals surface area contributed by atoms with Crippen molar-refractivity contribution in [2.75, 3.05) is 33.7 Å². The van der Waals surface area contributed by atoms with Crippen molar-refractivity contribution in [3.8, 4) is 0 Å². The average Bonchev–Trinajstić information content (AvgIpc) is 2.55. The van der Waals surface area contributed by atoms with E-state index in [1.807, 2.05) is 12.4 Å². The maximum atomic E-state index is 4.14. The third-order valence-electron chi connectivity index (χ3n) is 3.98. The van der Waals surface area contributed by atoms with Crippen LogP contribution in [0.5, 0.6) is 0 Å². The summed E-state index contributed by atoms with van der Waals surface area (Å²) in [6.45, 7) is 3.46. The number of likely N-dealkylation sites (N-methyl/N-ethyl adjacent to an activating group) is 1. The fourth-order valence-corrected chi connectivity index (χ4v) is 2.94. The van der Waals surface area contributed by atoms with E-state index in [9.17, 15) is 0 Å². The smallest absolute Gasteiger partial charge is 0.0270 e. The highest BCUT2D eigenvalue weighted by molar-refractivity contribution is 5.24. The Bertz CT molecular complexity index is 339. The van der Waals surface area contributed by atoms with Gasteiger partial charge in [0.2, 0.25) is 0 Å². The lowest BCUT2D eigenvalue weighted by atomic mass is 9.75. The van der Waals surface area contributed by atoms with E-state index in [2.05, 4.69) is 41.4 Å². The minimum atomic E-state index is 0.294. The summed E-state index contributed by atoms with van der Waals surface area (Å²) < 4.78 is 0. The van der Waals surface area contributed by atoms with Crippen molar-refractivity contribution in [3.63, 3.8) is 0 Å². The van der Waals surface area contributed by atoms with Gasteiger partial charge in [0.25, 0.3) is 0 Å². The lowest BCUT2D eigenvalue weighted by Crippen LogP contribution is -2.37. The second kappa shape index (κ2) is 5.61. The minimum absolute atomic E-state index is 0.294. The fraction of sp³-hybridized carbons (Fsp3) is 0.643. The Kier molecular flexibility index (Phi) is 4.13. The van der Waals surface area contributed by atoms with Crippen molar-refractivity contribution in [3.05, 3.63) is 30.1 Å². The molecule has 0 saturated carbocycles. The molecule has 1 N–H and O–H groups in total. The number of nitrogens with zero attached hydrogens (tertiary/aromatic N) is 2. The molecule has 1 atom stereocenters. The Morgan fingerprint density at radius 2 is 2.06 bits per heavy atom. The first kappa shape index (κ1) is 12.5. The lowest BCUT2D eigenvalue weighted by molar-refractivity contribution is 0.321. The van der Waals surface area contributed by atoms with Gasteiger partial charge < -0.3 is 10.2 Å². The van der Waals surface area contributed by atoms with E-state index in [1.54, 1.807) is 0 Å². The minimum Gasteiger partial charge on any atom is -0.319 e. The number of hydrogen-bond acceptors (Lipinski definition) is 3. The number of nitrogens with one attached hydrogen (secondary N) is 1. The van der Waals surface area contributed by atoms with Gasteiger partial charge in [-0.15, -0.1) is 0 Å². The zero-order chi connectivity index (χ0) is 12.1. The first-order chi connectivity index (χ1) is 8.27. The van der Waals surface area contributed by atoms with Gasteiger partial charge in [0, 0.05) is 24.4 Å². The third kappa shape index (κ3) is 2.85. The lowest BCUT2D eigenvalue weighted by Gasteiger charge is -2.33. The highest BCUT2D eigenvalue weighted by Gasteiger charge is 2.33. The molecule has 1 saturated heterocycles. The van der Waals surface area contributed by atoms with E-state index in [-0.39, 0.29) is 0 Å². The second-order valence-corrected chi connectivity index (χ2v) is 5.20. The van der Waals surface area contributed by atoms with Gasteiger partial charge in [0.05, 0.1) is 0 Å². The molecule has 1 aliphatic rings. The quantitative estimate of drug-likeness (QED) is 0.860. The number of hydrogen-bond donors (Lipinski definition) is 1. The van der Waals surface area contributed by atoms with Crippen LogP contribution in [0, 0.1) is 0 Å². The first-order valence-electron chi connectivity index (χ1n) is 6.50. The fourth-order valence-electron chi connectivity index (χ4n) is 2.94. The number of rotatable bonds is 3. The molecular formula is C14H23N3. The molecule has 1 aliphatic heterocycles. The average molecular weight is 233 g/mol. The van der Waals surface area contributed by atoms with Gasteiger partial charge in [0.15, 0.2) is 0 Å². The molecule has 3 heteroatoms. The maximum absolute atomic E-state index is 4.14. The van der Waals surface area contributed by atoms with Crippen LogP contribution in [0.25, 0.3) is 0 Å². The van der Waals surface area contributed by atoms with Crippen molar-refractivity contribution in [1.29, 1.82) is 0 Å². The topological polar surface area (TPSA) is 28.2 Å². The summed E-state index contributed by atoms with van der Waals surface area (Å²) in [4.78, 5) is 6.58. The van der Waals surface area contributed by atoms with Gasteiger partial charge in [-0.1, -0.05) is 0 Å². The Morgan fingerprint density at radius 3 is 2.76 bits per heavy atom. The Morgan fingerprint density at radius 1 is 1.29 bits per heavy atom. The predicted molar refractivity (Wildman–Crippen MR) is 71.2 cm³/mol. The third-order valence-corrected chi connectivity index (χ3v) is 3.98. The van der Waals surface area contributed by atoms with Crippen LogP contribution in [0.1, 0.15) is 24.8 Å². The highest BCUT2D eigenvalue weighted by Crippen LogP contribution is 2.34. The molecule has 1 unspecified atom stereocenters. The highest BCUT2D eigenvalue weighted by atomic mass is 15.1. The zero-order valence-corrected chi connectivity index (χ0v) is 10.9. The van der Waals surface area contributed by atoms with Crippen LogP contribution in [0.2, 0.25) is 0 Å². The molecule has 0 radical (unpaired) electrons. The van der Waals surface area contributed by atoms with Gasteiger partial charge in [-0.2, -0.15) is 0 Å². The van der Waals surface area contributed by atoms with E-state index in [4.69, 9.17) is 0 Å². The summed E-state index contributed by atoms with van der Waals surface area (Å²) in [5.41, 5.74) is 1.74. The van der Waals surface area contributed by atoms with Crippen molar-refractivity contribution < 1.29 is 0 Å². The van der Waals surface area contributed by atoms with Gasteiger partial charge in [-0.3, -0.25) is 4.98 Å². The molecule has 94 valence electrons. The molecule has 1 aromatic rings. The summed E-state index contributed by atoms with van der Waals surface area (Å²) >= 11 is 0. The summed E-state index contributed by atoms with van der Waals surface area (Å²) in [6.07, 6.45) is 7.61. The molecule has 0 aliphatic carbocycles. The number of likely N-dealkylation sites (tertiary alicyclic amines) is 1. The summed E-state index contributed by atoms with van der Waals surface area (Å²) in [5.74, 6) is 0. The monoisotopic (exact) mass is 233 g/mol. The second-order valence-electron chi connectivity index (χ2n) is 5.20. The predicted octanol–water partition coefficient (Wildman–Crippen LogP) is 1.65. The normalized spacial score (nSPS) is 26.7. The van der Waals surface area contributed by atoms with Gasteiger partial charge in [0.1, 0.15) is 0 Å². The standard InChI is InChI=1S/C14H23N3/c1-15-12-14(13-4-8-16-9-5-13)6-3-10-17(2)11-7-14/h4-5,8-9,15H,3,6-7,10-12H2,1-2H3. The van der Waals surface area contributed by atoms with Crippen LogP contribution in [0.4, 0.5) is 0 Å². The molecular weight excluding hydrogens is 210 g/mol. The van der Waals surface area contributed by atoms with E-state index in [0.717, 1.165) is 6.54 Å². The summed E-state index contributed by atoms with van der Waals surface area (Å²) in [5, 5.41) is 3.38. The van der Waals surface area contributed by atoms with E-state index in [0.29, 0.717) is 5.41 Å². The molecule has 1 fully saturated rings. The van der Waals surface area contributed by atoms with Crippen molar-refractivity contribution in [2.24, 2.45) is 0 Å². The SMILES string of the molecule is CNCC1(c2ccncc2)CCCN(C)CC1. The summed E-state index contributed by atoms with van der Waals surface area (Å²) in [6, 6.07) is 4.37. The maximum Gasteiger partial charge on any atom is 0.0270 e. The van der Waals surface area contributed by atoms with Crippen LogP contribution in [0.15, 0.2) is 24.5 Å². The largest absolute Gasteiger partial charge is 0.319 e. The summed E-state index contributed by atoms with van der Waals surface area (Å²) in [7, 11) is 4.28. The zero-order valence-electron chi connectivity index (χ0n) is 10.9. The first-order valence-corrected chi connectivity index (χ1v) is 6.50. The van der Waals surface area contributed by atoms with Gasteiger partial charge in [-0.05, 0) is 64.1 Å². The molecule has 0 bridgehead atoms. The molecule has 3 nitrogen and oxygen atoms in total. The van der Waals surface area contributed by atoms with Crippen LogP contribution >= 0.6 is 0 Å². The Hall–Kier alpha value is -0.930. The van der Waals surface area contributed by atoms with Crippen LogP contribution < -0.4 is 5.32 Å². The van der Waals surface area contributed by atoms with Gasteiger partial charge in [-0.25, -0.2) is 0 Å². The van der Waals surface area contributed by atoms with E-state index < -0.39 is 0 Å². The van der Waals surface area contributed by atoms with Crippen LogP contribution in [-0.2, 0) is 5.41 Å². The van der Waals surface area contributed by atoms with E-state index >= 15 is 0 Å².